The normalized spacial score (nSPS) is 10.2. The van der Waals surface area contributed by atoms with E-state index in [4.69, 9.17) is 11.6 Å². The van der Waals surface area contributed by atoms with Crippen LogP contribution in [0.15, 0.2) is 54.6 Å². The first-order chi connectivity index (χ1) is 11.0. The van der Waals surface area contributed by atoms with E-state index in [0.717, 1.165) is 5.56 Å². The topological polar surface area (TPSA) is 49.4 Å². The van der Waals surface area contributed by atoms with Gasteiger partial charge in [0.25, 0.3) is 0 Å². The van der Waals surface area contributed by atoms with Crippen molar-refractivity contribution in [3.63, 3.8) is 0 Å². The average Bonchev–Trinajstić information content (AvgIpc) is 2.54. The van der Waals surface area contributed by atoms with Gasteiger partial charge in [0, 0.05) is 24.2 Å². The minimum Gasteiger partial charge on any atom is -0.333 e. The van der Waals surface area contributed by atoms with Crippen LogP contribution in [0.5, 0.6) is 0 Å². The minimum atomic E-state index is -0.226. The van der Waals surface area contributed by atoms with Crippen LogP contribution in [0, 0.1) is 0 Å². The summed E-state index contributed by atoms with van der Waals surface area (Å²) in [4.78, 5) is 25.4. The Morgan fingerprint density at radius 1 is 1.04 bits per heavy atom. The summed E-state index contributed by atoms with van der Waals surface area (Å²) in [5.74, 6) is -0.345. The molecule has 0 aliphatic rings. The molecular weight excluding hydrogens is 312 g/mol. The van der Waals surface area contributed by atoms with E-state index < -0.39 is 0 Å². The number of nitrogens with zero attached hydrogens (tertiary/aromatic N) is 1. The lowest BCUT2D eigenvalue weighted by Crippen LogP contribution is -2.37. The molecule has 0 fully saturated rings. The Morgan fingerprint density at radius 3 is 2.30 bits per heavy atom. The van der Waals surface area contributed by atoms with Crippen molar-refractivity contribution in [2.24, 2.45) is 0 Å². The highest BCUT2D eigenvalue weighted by atomic mass is 35.5. The first-order valence-corrected chi connectivity index (χ1v) is 7.77. The van der Waals surface area contributed by atoms with Crippen LogP contribution in [-0.4, -0.2) is 29.8 Å². The van der Waals surface area contributed by atoms with E-state index in [1.54, 1.807) is 24.3 Å². The lowest BCUT2D eigenvalue weighted by atomic mass is 10.1. The molecule has 2 rings (SSSR count). The van der Waals surface area contributed by atoms with Gasteiger partial charge in [-0.3, -0.25) is 9.59 Å². The highest BCUT2D eigenvalue weighted by molar-refractivity contribution is 6.30. The van der Waals surface area contributed by atoms with E-state index in [1.165, 1.54) is 11.8 Å². The number of carbonyl (C=O) groups is 2. The second-order valence-corrected chi connectivity index (χ2v) is 5.67. The van der Waals surface area contributed by atoms with E-state index in [1.807, 2.05) is 30.3 Å². The Balaban J connectivity index is 1.89. The summed E-state index contributed by atoms with van der Waals surface area (Å²) in [5.41, 5.74) is 1.79. The molecule has 1 N–H and O–H groups in total. The highest BCUT2D eigenvalue weighted by Gasteiger charge is 2.13. The number of hydrogen-bond acceptors (Lipinski definition) is 2. The van der Waals surface area contributed by atoms with Gasteiger partial charge in [-0.2, -0.15) is 0 Å². The third-order valence-electron chi connectivity index (χ3n) is 3.42. The van der Waals surface area contributed by atoms with Crippen LogP contribution < -0.4 is 5.32 Å². The smallest absolute Gasteiger partial charge is 0.243 e. The number of nitrogens with one attached hydrogen (secondary N) is 1. The number of amides is 2. The van der Waals surface area contributed by atoms with E-state index in [2.05, 4.69) is 5.32 Å². The molecule has 0 atom stereocenters. The van der Waals surface area contributed by atoms with E-state index in [9.17, 15) is 9.59 Å². The molecule has 2 aromatic rings. The Morgan fingerprint density at radius 2 is 1.70 bits per heavy atom. The Bertz CT molecular complexity index is 656. The average molecular weight is 331 g/mol. The number of benzene rings is 2. The molecule has 0 aliphatic carbocycles. The second-order valence-electron chi connectivity index (χ2n) is 5.23. The van der Waals surface area contributed by atoms with Gasteiger partial charge in [-0.05, 0) is 36.2 Å². The first-order valence-electron chi connectivity index (χ1n) is 7.39. The quantitative estimate of drug-likeness (QED) is 0.882. The molecule has 0 radical (unpaired) electrons. The molecule has 4 nitrogen and oxygen atoms in total. The molecule has 2 amide bonds. The Kier molecular flexibility index (Phi) is 6.18. The maximum atomic E-state index is 12.1. The predicted octanol–water partition coefficient (Wildman–Crippen LogP) is 3.37. The van der Waals surface area contributed by atoms with Gasteiger partial charge in [-0.1, -0.05) is 41.9 Å². The molecule has 0 bridgehead atoms. The van der Waals surface area contributed by atoms with Gasteiger partial charge in [0.15, 0.2) is 0 Å². The van der Waals surface area contributed by atoms with Gasteiger partial charge in [0.05, 0.1) is 6.54 Å². The van der Waals surface area contributed by atoms with Gasteiger partial charge in [-0.15, -0.1) is 0 Å². The lowest BCUT2D eigenvalue weighted by molar-refractivity contribution is -0.132. The van der Waals surface area contributed by atoms with Crippen molar-refractivity contribution in [2.45, 2.75) is 13.3 Å². The highest BCUT2D eigenvalue weighted by Crippen LogP contribution is 2.13. The number of anilines is 1. The maximum Gasteiger partial charge on any atom is 0.243 e. The van der Waals surface area contributed by atoms with E-state index in [-0.39, 0.29) is 18.4 Å². The molecule has 0 saturated heterocycles. The van der Waals surface area contributed by atoms with Crippen LogP contribution in [-0.2, 0) is 16.0 Å². The molecule has 0 saturated carbocycles. The molecule has 5 heteroatoms. The Hall–Kier alpha value is -2.33. The van der Waals surface area contributed by atoms with Gasteiger partial charge in [-0.25, -0.2) is 0 Å². The lowest BCUT2D eigenvalue weighted by Gasteiger charge is -2.20. The van der Waals surface area contributed by atoms with Crippen LogP contribution in [0.2, 0.25) is 5.02 Å². The van der Waals surface area contributed by atoms with Crippen LogP contribution in [0.25, 0.3) is 0 Å². The summed E-state index contributed by atoms with van der Waals surface area (Å²) in [6.45, 7) is 2.01. The van der Waals surface area contributed by atoms with Crippen LogP contribution in [0.1, 0.15) is 12.5 Å². The summed E-state index contributed by atoms with van der Waals surface area (Å²) in [6, 6.07) is 16.7. The SMILES string of the molecule is CC(=O)N(CCc1ccccc1)CC(=O)Nc1ccc(Cl)cc1. The van der Waals surface area contributed by atoms with Crippen molar-refractivity contribution in [3.05, 3.63) is 65.2 Å². The van der Waals surface area contributed by atoms with E-state index >= 15 is 0 Å². The standard InChI is InChI=1S/C18H19ClN2O2/c1-14(22)21(12-11-15-5-3-2-4-6-15)13-18(23)20-17-9-7-16(19)8-10-17/h2-10H,11-13H2,1H3,(H,20,23). The van der Waals surface area contributed by atoms with Gasteiger partial charge >= 0.3 is 0 Å². The summed E-state index contributed by atoms with van der Waals surface area (Å²) >= 11 is 5.81. The number of carbonyl (C=O) groups excluding carboxylic acids is 2. The van der Waals surface area contributed by atoms with E-state index in [0.29, 0.717) is 23.7 Å². The summed E-state index contributed by atoms with van der Waals surface area (Å²) in [7, 11) is 0. The summed E-state index contributed by atoms with van der Waals surface area (Å²) in [5, 5.41) is 3.37. The molecule has 23 heavy (non-hydrogen) atoms. The van der Waals surface area contributed by atoms with Crippen molar-refractivity contribution < 1.29 is 9.59 Å². The molecule has 0 aliphatic heterocycles. The molecular formula is C18H19ClN2O2. The van der Waals surface area contributed by atoms with Gasteiger partial charge in [0.2, 0.25) is 11.8 Å². The fourth-order valence-electron chi connectivity index (χ4n) is 2.16. The molecule has 2 aromatic carbocycles. The molecule has 120 valence electrons. The fraction of sp³-hybridized carbons (Fsp3) is 0.222. The van der Waals surface area contributed by atoms with Crippen LogP contribution >= 0.6 is 11.6 Å². The third-order valence-corrected chi connectivity index (χ3v) is 3.67. The zero-order chi connectivity index (χ0) is 16.7. The molecule has 0 aromatic heterocycles. The second kappa shape index (κ2) is 8.34. The van der Waals surface area contributed by atoms with Crippen molar-refractivity contribution in [2.75, 3.05) is 18.4 Å². The van der Waals surface area contributed by atoms with Crippen molar-refractivity contribution in [3.8, 4) is 0 Å². The van der Waals surface area contributed by atoms with Crippen molar-refractivity contribution in [1.29, 1.82) is 0 Å². The molecule has 0 spiro atoms. The first kappa shape index (κ1) is 17.0. The largest absolute Gasteiger partial charge is 0.333 e. The minimum absolute atomic E-state index is 0.0325. The summed E-state index contributed by atoms with van der Waals surface area (Å²) < 4.78 is 0. The predicted molar refractivity (Wildman–Crippen MR) is 92.5 cm³/mol. The van der Waals surface area contributed by atoms with Gasteiger partial charge < -0.3 is 10.2 Å². The number of rotatable bonds is 6. The van der Waals surface area contributed by atoms with Crippen molar-refractivity contribution >= 4 is 29.1 Å². The van der Waals surface area contributed by atoms with Crippen LogP contribution in [0.4, 0.5) is 5.69 Å². The van der Waals surface area contributed by atoms with Gasteiger partial charge in [0.1, 0.15) is 0 Å². The maximum absolute atomic E-state index is 12.1. The molecule has 0 unspecified atom stereocenters. The monoisotopic (exact) mass is 330 g/mol. The fourth-order valence-corrected chi connectivity index (χ4v) is 2.29. The molecule has 0 heterocycles. The van der Waals surface area contributed by atoms with Crippen LogP contribution in [0.3, 0.4) is 0 Å². The Labute approximate surface area is 141 Å². The zero-order valence-corrected chi connectivity index (χ0v) is 13.7. The van der Waals surface area contributed by atoms with Crippen molar-refractivity contribution in [1.82, 2.24) is 4.90 Å². The number of halogens is 1. The zero-order valence-electron chi connectivity index (χ0n) is 13.0. The number of hydrogen-bond donors (Lipinski definition) is 1. The summed E-state index contributed by atoms with van der Waals surface area (Å²) in [6.07, 6.45) is 0.717. The third kappa shape index (κ3) is 5.75.